The summed E-state index contributed by atoms with van der Waals surface area (Å²) in [5, 5.41) is 15.3. The molecular weight excluding hydrogens is 270 g/mol. The number of aryl methyl sites for hydroxylation is 2. The van der Waals surface area contributed by atoms with Crippen LogP contribution in [0, 0.1) is 25.5 Å². The Labute approximate surface area is 113 Å². The third-order valence-corrected chi connectivity index (χ3v) is 2.92. The molecule has 1 aromatic carbocycles. The lowest BCUT2D eigenvalue weighted by molar-refractivity contribution is 0.0692. The Morgan fingerprint density at radius 2 is 2.05 bits per heavy atom. The highest BCUT2D eigenvalue weighted by molar-refractivity contribution is 5.89. The Hall–Kier alpha value is -2.44. The Bertz CT molecular complexity index is 648. The summed E-state index contributed by atoms with van der Waals surface area (Å²) >= 11 is 0. The standard InChI is InChI=1S/C13H12F2N2O3/c1-6-9(7(2)20-17-6)5-16-12-3-8(13(18)19)10(14)4-11(12)15/h3-4,16H,5H2,1-2H3,(H,18,19). The normalized spacial score (nSPS) is 10.6. The molecule has 0 aliphatic rings. The average molecular weight is 282 g/mol. The minimum Gasteiger partial charge on any atom is -0.478 e. The number of anilines is 1. The van der Waals surface area contributed by atoms with Crippen molar-refractivity contribution in [3.63, 3.8) is 0 Å². The zero-order chi connectivity index (χ0) is 14.9. The van der Waals surface area contributed by atoms with E-state index in [1.807, 2.05) is 0 Å². The van der Waals surface area contributed by atoms with Gasteiger partial charge < -0.3 is 14.9 Å². The van der Waals surface area contributed by atoms with E-state index in [0.29, 0.717) is 17.5 Å². The molecule has 2 N–H and O–H groups in total. The number of nitrogens with one attached hydrogen (secondary N) is 1. The first-order valence-corrected chi connectivity index (χ1v) is 5.78. The van der Waals surface area contributed by atoms with Gasteiger partial charge >= 0.3 is 5.97 Å². The number of rotatable bonds is 4. The lowest BCUT2D eigenvalue weighted by atomic mass is 10.1. The molecule has 0 aliphatic carbocycles. The van der Waals surface area contributed by atoms with Crippen LogP contribution in [0.5, 0.6) is 0 Å². The molecule has 1 aromatic heterocycles. The second-order valence-corrected chi connectivity index (χ2v) is 4.27. The van der Waals surface area contributed by atoms with Crippen LogP contribution in [0.15, 0.2) is 16.7 Å². The first kappa shape index (κ1) is 14.0. The van der Waals surface area contributed by atoms with Gasteiger partial charge in [0.25, 0.3) is 0 Å². The predicted octanol–water partition coefficient (Wildman–Crippen LogP) is 2.88. The minimum atomic E-state index is -1.46. The van der Waals surface area contributed by atoms with Crippen molar-refractivity contribution in [3.8, 4) is 0 Å². The third kappa shape index (κ3) is 2.61. The monoisotopic (exact) mass is 282 g/mol. The number of aromatic nitrogens is 1. The van der Waals surface area contributed by atoms with Gasteiger partial charge in [0.05, 0.1) is 16.9 Å². The molecule has 0 saturated heterocycles. The molecule has 5 nitrogen and oxygen atoms in total. The molecule has 0 fully saturated rings. The van der Waals surface area contributed by atoms with Crippen LogP contribution in [0.3, 0.4) is 0 Å². The van der Waals surface area contributed by atoms with Gasteiger partial charge in [0.2, 0.25) is 0 Å². The molecule has 0 spiro atoms. The predicted molar refractivity (Wildman–Crippen MR) is 66.6 cm³/mol. The fourth-order valence-corrected chi connectivity index (χ4v) is 1.79. The molecule has 20 heavy (non-hydrogen) atoms. The lowest BCUT2D eigenvalue weighted by Crippen LogP contribution is -2.07. The van der Waals surface area contributed by atoms with Crippen LogP contribution in [0.4, 0.5) is 14.5 Å². The molecule has 0 atom stereocenters. The van der Waals surface area contributed by atoms with Crippen LogP contribution in [0.1, 0.15) is 27.4 Å². The molecule has 0 aliphatic heterocycles. The summed E-state index contributed by atoms with van der Waals surface area (Å²) in [6.45, 7) is 3.64. The largest absolute Gasteiger partial charge is 0.478 e. The Morgan fingerprint density at radius 1 is 1.35 bits per heavy atom. The number of benzene rings is 1. The number of aromatic carboxylic acids is 1. The lowest BCUT2D eigenvalue weighted by Gasteiger charge is -2.09. The van der Waals surface area contributed by atoms with Crippen molar-refractivity contribution >= 4 is 11.7 Å². The SMILES string of the molecule is Cc1noc(C)c1CNc1cc(C(=O)O)c(F)cc1F. The number of carboxylic acids is 1. The van der Waals surface area contributed by atoms with Gasteiger partial charge in [-0.05, 0) is 19.9 Å². The number of nitrogens with zero attached hydrogens (tertiary/aromatic N) is 1. The molecular formula is C13H12F2N2O3. The number of halogens is 2. The van der Waals surface area contributed by atoms with E-state index in [0.717, 1.165) is 11.6 Å². The summed E-state index contributed by atoms with van der Waals surface area (Å²) in [5.74, 6) is -2.85. The molecule has 2 rings (SSSR count). The maximum absolute atomic E-state index is 13.6. The first-order valence-electron chi connectivity index (χ1n) is 5.78. The minimum absolute atomic E-state index is 0.0937. The average Bonchev–Trinajstić information content (AvgIpc) is 2.68. The van der Waals surface area contributed by atoms with Gasteiger partial charge in [0.15, 0.2) is 0 Å². The van der Waals surface area contributed by atoms with E-state index in [-0.39, 0.29) is 12.2 Å². The molecule has 2 aromatic rings. The van der Waals surface area contributed by atoms with Crippen LogP contribution in [0.25, 0.3) is 0 Å². The van der Waals surface area contributed by atoms with Crippen molar-refractivity contribution in [2.75, 3.05) is 5.32 Å². The van der Waals surface area contributed by atoms with Crippen molar-refractivity contribution in [1.82, 2.24) is 5.16 Å². The maximum atomic E-state index is 13.6. The number of carboxylic acid groups (broad SMARTS) is 1. The van der Waals surface area contributed by atoms with Gasteiger partial charge in [0, 0.05) is 18.2 Å². The van der Waals surface area contributed by atoms with E-state index in [2.05, 4.69) is 10.5 Å². The van der Waals surface area contributed by atoms with Crippen LogP contribution in [-0.2, 0) is 6.54 Å². The third-order valence-electron chi connectivity index (χ3n) is 2.92. The molecule has 0 bridgehead atoms. The number of hydrogen-bond donors (Lipinski definition) is 2. The van der Waals surface area contributed by atoms with Crippen molar-refractivity contribution in [3.05, 3.63) is 46.3 Å². The zero-order valence-corrected chi connectivity index (χ0v) is 10.8. The van der Waals surface area contributed by atoms with Crippen LogP contribution in [0.2, 0.25) is 0 Å². The van der Waals surface area contributed by atoms with Gasteiger partial charge in [0.1, 0.15) is 17.4 Å². The zero-order valence-electron chi connectivity index (χ0n) is 10.8. The van der Waals surface area contributed by atoms with E-state index >= 15 is 0 Å². The van der Waals surface area contributed by atoms with Crippen molar-refractivity contribution in [2.24, 2.45) is 0 Å². The molecule has 0 unspecified atom stereocenters. The van der Waals surface area contributed by atoms with E-state index in [4.69, 9.17) is 9.63 Å². The van der Waals surface area contributed by atoms with Gasteiger partial charge in [-0.15, -0.1) is 0 Å². The van der Waals surface area contributed by atoms with Gasteiger partial charge in [-0.1, -0.05) is 5.16 Å². The van der Waals surface area contributed by atoms with Crippen LogP contribution in [-0.4, -0.2) is 16.2 Å². The topological polar surface area (TPSA) is 75.4 Å². The number of hydrogen-bond acceptors (Lipinski definition) is 4. The van der Waals surface area contributed by atoms with E-state index in [1.165, 1.54) is 0 Å². The highest BCUT2D eigenvalue weighted by atomic mass is 19.1. The summed E-state index contributed by atoms with van der Waals surface area (Å²) in [5.41, 5.74) is 0.707. The fraction of sp³-hybridized carbons (Fsp3) is 0.231. The van der Waals surface area contributed by atoms with E-state index < -0.39 is 23.2 Å². The smallest absolute Gasteiger partial charge is 0.338 e. The van der Waals surface area contributed by atoms with E-state index in [9.17, 15) is 13.6 Å². The van der Waals surface area contributed by atoms with Crippen molar-refractivity contribution in [2.45, 2.75) is 20.4 Å². The molecule has 7 heteroatoms. The van der Waals surface area contributed by atoms with Crippen molar-refractivity contribution < 1.29 is 23.2 Å². The van der Waals surface area contributed by atoms with Crippen molar-refractivity contribution in [1.29, 1.82) is 0 Å². The fourth-order valence-electron chi connectivity index (χ4n) is 1.79. The summed E-state index contributed by atoms with van der Waals surface area (Å²) in [6, 6.07) is 1.46. The van der Waals surface area contributed by atoms with Crippen LogP contribution < -0.4 is 5.32 Å². The highest BCUT2D eigenvalue weighted by Gasteiger charge is 2.16. The molecule has 106 valence electrons. The first-order chi connectivity index (χ1) is 9.40. The molecule has 0 radical (unpaired) electrons. The summed E-state index contributed by atoms with van der Waals surface area (Å²) in [7, 11) is 0. The molecule has 0 amide bonds. The number of carbonyl (C=O) groups is 1. The van der Waals surface area contributed by atoms with Gasteiger partial charge in [-0.25, -0.2) is 13.6 Å². The highest BCUT2D eigenvalue weighted by Crippen LogP contribution is 2.21. The summed E-state index contributed by atoms with van der Waals surface area (Å²) < 4.78 is 31.8. The Kier molecular flexibility index (Phi) is 3.69. The summed E-state index contributed by atoms with van der Waals surface area (Å²) in [4.78, 5) is 10.8. The summed E-state index contributed by atoms with van der Waals surface area (Å²) in [6.07, 6.45) is 0. The second-order valence-electron chi connectivity index (χ2n) is 4.27. The van der Waals surface area contributed by atoms with Gasteiger partial charge in [-0.2, -0.15) is 0 Å². The second kappa shape index (κ2) is 5.28. The Balaban J connectivity index is 2.26. The maximum Gasteiger partial charge on any atom is 0.338 e. The van der Waals surface area contributed by atoms with E-state index in [1.54, 1.807) is 13.8 Å². The molecule has 1 heterocycles. The van der Waals surface area contributed by atoms with Gasteiger partial charge in [-0.3, -0.25) is 0 Å². The Morgan fingerprint density at radius 3 is 2.60 bits per heavy atom. The van der Waals surface area contributed by atoms with Crippen LogP contribution >= 0.6 is 0 Å². The quantitative estimate of drug-likeness (QED) is 0.901. The molecule has 0 saturated carbocycles.